The lowest BCUT2D eigenvalue weighted by Crippen LogP contribution is -2.03. The van der Waals surface area contributed by atoms with Gasteiger partial charge in [-0.15, -0.1) is 5.11 Å². The topological polar surface area (TPSA) is 109 Å². The maximum Gasteiger partial charge on any atom is 0.338 e. The molecular weight excluding hydrogens is 300 g/mol. The van der Waals surface area contributed by atoms with Crippen molar-refractivity contribution in [3.63, 3.8) is 0 Å². The van der Waals surface area contributed by atoms with E-state index in [1.165, 1.54) is 12.1 Å². The van der Waals surface area contributed by atoms with Crippen LogP contribution in [0.15, 0.2) is 52.7 Å². The minimum atomic E-state index is -1.14. The quantitative estimate of drug-likeness (QED) is 0.646. The SMILES string of the molecule is CCOC(=O)c1ccc(/N=N/c2ccc(C(=O)O)cc2O)cc1. The fourth-order valence-corrected chi connectivity index (χ4v) is 1.73. The van der Waals surface area contributed by atoms with Gasteiger partial charge in [0.15, 0.2) is 0 Å². The van der Waals surface area contributed by atoms with Crippen LogP contribution >= 0.6 is 0 Å². The maximum atomic E-state index is 11.5. The van der Waals surface area contributed by atoms with Crippen LogP contribution in [-0.2, 0) is 4.74 Å². The van der Waals surface area contributed by atoms with Gasteiger partial charge >= 0.3 is 11.9 Å². The monoisotopic (exact) mass is 314 g/mol. The number of esters is 1. The van der Waals surface area contributed by atoms with Gasteiger partial charge in [0.1, 0.15) is 11.4 Å². The molecule has 0 fully saturated rings. The fraction of sp³-hybridized carbons (Fsp3) is 0.125. The van der Waals surface area contributed by atoms with E-state index in [9.17, 15) is 14.7 Å². The molecule has 0 unspecified atom stereocenters. The average Bonchev–Trinajstić information content (AvgIpc) is 2.54. The Kier molecular flexibility index (Phi) is 5.03. The minimum Gasteiger partial charge on any atom is -0.506 e. The van der Waals surface area contributed by atoms with Gasteiger partial charge in [-0.05, 0) is 49.4 Å². The van der Waals surface area contributed by atoms with Crippen LogP contribution in [-0.4, -0.2) is 28.8 Å². The predicted molar refractivity (Wildman–Crippen MR) is 81.6 cm³/mol. The van der Waals surface area contributed by atoms with E-state index in [2.05, 4.69) is 10.2 Å². The second kappa shape index (κ2) is 7.17. The molecule has 7 nitrogen and oxygen atoms in total. The molecule has 118 valence electrons. The van der Waals surface area contributed by atoms with Crippen molar-refractivity contribution < 1.29 is 24.5 Å². The Balaban J connectivity index is 2.14. The number of aromatic carboxylic acids is 1. The summed E-state index contributed by atoms with van der Waals surface area (Å²) >= 11 is 0. The highest BCUT2D eigenvalue weighted by atomic mass is 16.5. The number of nitrogens with zero attached hydrogens (tertiary/aromatic N) is 2. The molecule has 2 aromatic rings. The second-order valence-corrected chi connectivity index (χ2v) is 4.48. The summed E-state index contributed by atoms with van der Waals surface area (Å²) in [6.07, 6.45) is 0. The van der Waals surface area contributed by atoms with E-state index in [0.29, 0.717) is 17.9 Å². The summed E-state index contributed by atoms with van der Waals surface area (Å²) in [6, 6.07) is 10.0. The number of carboxylic acid groups (broad SMARTS) is 1. The summed E-state index contributed by atoms with van der Waals surface area (Å²) in [6.45, 7) is 2.02. The van der Waals surface area contributed by atoms with E-state index in [-0.39, 0.29) is 17.0 Å². The van der Waals surface area contributed by atoms with E-state index < -0.39 is 11.9 Å². The number of hydrogen-bond acceptors (Lipinski definition) is 6. The third-order valence-corrected chi connectivity index (χ3v) is 2.87. The summed E-state index contributed by atoms with van der Waals surface area (Å²) < 4.78 is 4.87. The zero-order valence-corrected chi connectivity index (χ0v) is 12.3. The van der Waals surface area contributed by atoms with Gasteiger partial charge in [-0.2, -0.15) is 5.11 Å². The van der Waals surface area contributed by atoms with Crippen molar-refractivity contribution in [3.8, 4) is 5.75 Å². The average molecular weight is 314 g/mol. The van der Waals surface area contributed by atoms with E-state index >= 15 is 0 Å². The van der Waals surface area contributed by atoms with Gasteiger partial charge in [0.2, 0.25) is 0 Å². The summed E-state index contributed by atoms with van der Waals surface area (Å²) in [5.41, 5.74) is 0.976. The Morgan fingerprint density at radius 1 is 1.04 bits per heavy atom. The second-order valence-electron chi connectivity index (χ2n) is 4.48. The van der Waals surface area contributed by atoms with Crippen molar-refractivity contribution in [2.75, 3.05) is 6.61 Å². The highest BCUT2D eigenvalue weighted by Crippen LogP contribution is 2.29. The third-order valence-electron chi connectivity index (χ3n) is 2.87. The van der Waals surface area contributed by atoms with Crippen LogP contribution in [0.2, 0.25) is 0 Å². The largest absolute Gasteiger partial charge is 0.506 e. The number of phenols is 1. The van der Waals surface area contributed by atoms with Crippen molar-refractivity contribution in [3.05, 3.63) is 53.6 Å². The molecule has 2 aromatic carbocycles. The number of hydrogen-bond donors (Lipinski definition) is 2. The van der Waals surface area contributed by atoms with Gasteiger partial charge in [-0.25, -0.2) is 9.59 Å². The zero-order chi connectivity index (χ0) is 16.8. The fourth-order valence-electron chi connectivity index (χ4n) is 1.73. The first-order chi connectivity index (χ1) is 11.0. The maximum absolute atomic E-state index is 11.5. The van der Waals surface area contributed by atoms with Crippen LogP contribution in [0.25, 0.3) is 0 Å². The Labute approximate surface area is 131 Å². The molecule has 0 heterocycles. The molecule has 0 amide bonds. The summed E-state index contributed by atoms with van der Waals surface area (Å²) in [7, 11) is 0. The number of phenolic OH excluding ortho intramolecular Hbond substituents is 1. The van der Waals surface area contributed by atoms with Gasteiger partial charge in [0.25, 0.3) is 0 Å². The molecule has 23 heavy (non-hydrogen) atoms. The molecule has 2 rings (SSSR count). The van der Waals surface area contributed by atoms with Crippen LogP contribution in [0.4, 0.5) is 11.4 Å². The van der Waals surface area contributed by atoms with Crippen molar-refractivity contribution in [2.45, 2.75) is 6.92 Å². The molecule has 0 spiro atoms. The molecule has 0 aliphatic heterocycles. The number of ether oxygens (including phenoxy) is 1. The number of benzene rings is 2. The van der Waals surface area contributed by atoms with Crippen molar-refractivity contribution in [1.82, 2.24) is 0 Å². The molecule has 2 N–H and O–H groups in total. The van der Waals surface area contributed by atoms with Crippen LogP contribution in [0.1, 0.15) is 27.6 Å². The molecule has 0 saturated carbocycles. The Morgan fingerprint density at radius 3 is 2.26 bits per heavy atom. The van der Waals surface area contributed by atoms with E-state index in [0.717, 1.165) is 6.07 Å². The molecule has 0 aromatic heterocycles. The Hall–Kier alpha value is -3.22. The van der Waals surface area contributed by atoms with Gasteiger partial charge < -0.3 is 14.9 Å². The first-order valence-corrected chi connectivity index (χ1v) is 6.76. The Bertz CT molecular complexity index is 754. The number of carboxylic acids is 1. The highest BCUT2D eigenvalue weighted by Gasteiger charge is 2.08. The molecule has 0 bridgehead atoms. The number of aromatic hydroxyl groups is 1. The first kappa shape index (κ1) is 16.2. The molecule has 7 heteroatoms. The lowest BCUT2D eigenvalue weighted by atomic mass is 10.2. The molecule has 0 aliphatic carbocycles. The molecule has 0 saturated heterocycles. The first-order valence-electron chi connectivity index (χ1n) is 6.76. The number of azo groups is 1. The van der Waals surface area contributed by atoms with Gasteiger partial charge in [0.05, 0.1) is 23.4 Å². The molecule has 0 atom stereocenters. The lowest BCUT2D eigenvalue weighted by Gasteiger charge is -2.02. The predicted octanol–water partition coefficient (Wildman–Crippen LogP) is 3.68. The number of rotatable bonds is 5. The number of carbonyl (C=O) groups is 2. The Morgan fingerprint density at radius 2 is 1.70 bits per heavy atom. The standard InChI is InChI=1S/C16H14N2O5/c1-2-23-16(22)10-3-6-12(7-4-10)17-18-13-8-5-11(15(20)21)9-14(13)19/h3-9,19H,2H2,1H3,(H,20,21)/b18-17+. The summed E-state index contributed by atoms with van der Waals surface area (Å²) in [5, 5.41) is 26.3. The van der Waals surface area contributed by atoms with Crippen LogP contribution in [0.5, 0.6) is 5.75 Å². The van der Waals surface area contributed by atoms with Crippen LogP contribution in [0.3, 0.4) is 0 Å². The van der Waals surface area contributed by atoms with Crippen LogP contribution in [0, 0.1) is 0 Å². The van der Waals surface area contributed by atoms with Gasteiger partial charge in [-0.1, -0.05) is 0 Å². The minimum absolute atomic E-state index is 0.0414. The normalized spacial score (nSPS) is 10.7. The van der Waals surface area contributed by atoms with Gasteiger partial charge in [-0.3, -0.25) is 0 Å². The third kappa shape index (κ3) is 4.13. The summed E-state index contributed by atoms with van der Waals surface area (Å²) in [4.78, 5) is 22.3. The van der Waals surface area contributed by atoms with Crippen LogP contribution < -0.4 is 0 Å². The molecule has 0 radical (unpaired) electrons. The molecular formula is C16H14N2O5. The van der Waals surface area contributed by atoms with Crippen molar-refractivity contribution in [1.29, 1.82) is 0 Å². The van der Waals surface area contributed by atoms with E-state index in [4.69, 9.17) is 9.84 Å². The van der Waals surface area contributed by atoms with E-state index in [1.54, 1.807) is 31.2 Å². The number of carbonyl (C=O) groups excluding carboxylic acids is 1. The smallest absolute Gasteiger partial charge is 0.338 e. The lowest BCUT2D eigenvalue weighted by molar-refractivity contribution is 0.0526. The highest BCUT2D eigenvalue weighted by molar-refractivity contribution is 5.90. The summed E-state index contributed by atoms with van der Waals surface area (Å²) in [5.74, 6) is -1.84. The van der Waals surface area contributed by atoms with E-state index in [1.807, 2.05) is 0 Å². The molecule has 0 aliphatic rings. The van der Waals surface area contributed by atoms with Crippen molar-refractivity contribution in [2.24, 2.45) is 10.2 Å². The van der Waals surface area contributed by atoms with Crippen molar-refractivity contribution >= 4 is 23.3 Å². The van der Waals surface area contributed by atoms with Gasteiger partial charge in [0, 0.05) is 0 Å². The zero-order valence-electron chi connectivity index (χ0n) is 12.3.